The summed E-state index contributed by atoms with van der Waals surface area (Å²) in [7, 11) is -0.201. The zero-order valence-electron chi connectivity index (χ0n) is 20.4. The summed E-state index contributed by atoms with van der Waals surface area (Å²) in [6.45, 7) is 15.6. The topological polar surface area (TPSA) is 110 Å². The van der Waals surface area contributed by atoms with Gasteiger partial charge in [0.2, 0.25) is 7.98 Å². The lowest BCUT2D eigenvalue weighted by Gasteiger charge is -2.36. The van der Waals surface area contributed by atoms with E-state index < -0.39 is 38.2 Å². The molecule has 4 atom stereocenters. The number of hydrogen-bond donors (Lipinski definition) is 2. The van der Waals surface area contributed by atoms with E-state index in [4.69, 9.17) is 23.2 Å². The van der Waals surface area contributed by atoms with E-state index in [-0.39, 0.29) is 36.6 Å². The number of nitrogens with zero attached hydrogens (tertiary/aromatic N) is 3. The second-order valence-corrected chi connectivity index (χ2v) is 9.43. The highest BCUT2D eigenvalue weighted by Gasteiger charge is 2.39. The molecule has 12 heteroatoms. The molecule has 0 radical (unpaired) electrons. The molecular formula is C19H32BrN4O6P. The van der Waals surface area contributed by atoms with Gasteiger partial charge in [-0.15, -0.1) is 0 Å². The second kappa shape index (κ2) is 13.4. The SMILES string of the molecule is [2H]C[C@H]1O[C@@H](n2cc(Br)c(=O)[nH]c2=O)C[C@H]1OP(OCC[N+]#[C-])N(C(C)C)C(C)C.[3H]OC. The standard InChI is InChI=1S/C18H28BrN4O5P.CH4O/c1-11(2)23(12(3)4)29(26-8-7-20-6)28-15-9-16(27-13(15)5)22-10-14(19)17(24)21-18(22)25;1-2/h10-13,15-16H,7-9H2,1-5H3,(H,21,24,25);2H,1H3/t13-,15-,16-,29?;/m1./s1/i5D;2T. The first-order chi connectivity index (χ1) is 15.6. The Kier molecular flexibility index (Phi) is 10.6. The number of halogens is 1. The summed E-state index contributed by atoms with van der Waals surface area (Å²) >= 11 is 3.13. The lowest BCUT2D eigenvalue weighted by molar-refractivity contribution is -0.00879. The predicted octanol–water partition coefficient (Wildman–Crippen LogP) is 2.88. The van der Waals surface area contributed by atoms with Crippen LogP contribution >= 0.6 is 24.5 Å². The molecule has 31 heavy (non-hydrogen) atoms. The van der Waals surface area contributed by atoms with E-state index in [0.29, 0.717) is 6.42 Å². The van der Waals surface area contributed by atoms with Gasteiger partial charge in [0, 0.05) is 33.2 Å². The third kappa shape index (κ3) is 7.75. The van der Waals surface area contributed by atoms with Crippen LogP contribution < -0.4 is 11.2 Å². The van der Waals surface area contributed by atoms with Crippen LogP contribution in [0.25, 0.3) is 4.85 Å². The van der Waals surface area contributed by atoms with Gasteiger partial charge in [-0.1, -0.05) is 0 Å². The lowest BCUT2D eigenvalue weighted by atomic mass is 10.2. The van der Waals surface area contributed by atoms with Crippen LogP contribution in [0, 0.1) is 6.57 Å². The maximum absolute atomic E-state index is 12.2. The number of H-pyrrole nitrogens is 1. The van der Waals surface area contributed by atoms with E-state index in [9.17, 15) is 9.59 Å². The molecule has 1 fully saturated rings. The van der Waals surface area contributed by atoms with Crippen molar-refractivity contribution in [1.29, 1.82) is 1.43 Å². The summed E-state index contributed by atoms with van der Waals surface area (Å²) < 4.78 is 35.3. The predicted molar refractivity (Wildman–Crippen MR) is 123 cm³/mol. The Morgan fingerprint density at radius 3 is 2.74 bits per heavy atom. The fraction of sp³-hybridized carbons (Fsp3) is 0.737. The van der Waals surface area contributed by atoms with Gasteiger partial charge >= 0.3 is 5.69 Å². The minimum Gasteiger partial charge on any atom is -0.400 e. The van der Waals surface area contributed by atoms with Gasteiger partial charge in [0.05, 0.1) is 16.7 Å². The highest BCUT2D eigenvalue weighted by atomic mass is 79.9. The van der Waals surface area contributed by atoms with Crippen molar-refractivity contribution in [2.75, 3.05) is 20.3 Å². The number of aromatic nitrogens is 2. The molecule has 1 saturated heterocycles. The monoisotopic (exact) mass is 525 g/mol. The molecule has 0 amide bonds. The van der Waals surface area contributed by atoms with E-state index in [1.807, 2.05) is 27.7 Å². The summed E-state index contributed by atoms with van der Waals surface area (Å²) in [6.07, 6.45) is 0.0283. The van der Waals surface area contributed by atoms with E-state index in [0.717, 1.165) is 0 Å². The highest BCUT2D eigenvalue weighted by molar-refractivity contribution is 9.10. The summed E-state index contributed by atoms with van der Waals surface area (Å²) in [4.78, 5) is 29.4. The van der Waals surface area contributed by atoms with Gasteiger partial charge in [-0.3, -0.25) is 14.3 Å². The summed E-state index contributed by atoms with van der Waals surface area (Å²) in [5, 5.41) is 3.50. The Hall–Kier alpha value is -1.12. The Labute approximate surface area is 195 Å². The highest BCUT2D eigenvalue weighted by Crippen LogP contribution is 2.49. The molecule has 1 aromatic heterocycles. The number of ether oxygens (including phenoxy) is 1. The number of nitrogens with one attached hydrogen (secondary N) is 1. The van der Waals surface area contributed by atoms with Crippen molar-refractivity contribution in [3.05, 3.63) is 42.9 Å². The van der Waals surface area contributed by atoms with Gasteiger partial charge in [0.25, 0.3) is 14.1 Å². The molecule has 2 rings (SSSR count). The molecule has 1 unspecified atom stereocenters. The summed E-state index contributed by atoms with van der Waals surface area (Å²) in [5.74, 6) is 0. The number of aliphatic hydroxyl groups excluding tert-OH is 1. The molecular weight excluding hydrogens is 491 g/mol. The molecule has 1 aliphatic rings. The molecule has 0 bridgehead atoms. The average Bonchev–Trinajstić information content (AvgIpc) is 3.13. The number of rotatable bonds is 9. The van der Waals surface area contributed by atoms with Gasteiger partial charge in [-0.05, 0) is 50.5 Å². The second-order valence-electron chi connectivity index (χ2n) is 7.17. The molecule has 10 nitrogen and oxygen atoms in total. The molecule has 2 heterocycles. The molecule has 0 spiro atoms. The van der Waals surface area contributed by atoms with Crippen molar-refractivity contribution >= 4 is 24.5 Å². The van der Waals surface area contributed by atoms with Gasteiger partial charge < -0.3 is 23.7 Å². The fourth-order valence-corrected chi connectivity index (χ4v) is 5.13. The van der Waals surface area contributed by atoms with Crippen molar-refractivity contribution < 1.29 is 20.3 Å². The van der Waals surface area contributed by atoms with Crippen LogP contribution in [0.15, 0.2) is 20.3 Å². The first-order valence-corrected chi connectivity index (χ1v) is 11.7. The Bertz CT molecular complexity index is 873. The molecule has 1 aliphatic heterocycles. The lowest BCUT2D eigenvalue weighted by Crippen LogP contribution is -2.35. The number of aliphatic hydroxyl groups is 1. The normalized spacial score (nSPS) is 22.6. The maximum atomic E-state index is 12.2. The van der Waals surface area contributed by atoms with Gasteiger partial charge in [0.1, 0.15) is 12.8 Å². The van der Waals surface area contributed by atoms with Crippen molar-refractivity contribution in [2.24, 2.45) is 0 Å². The first-order valence-electron chi connectivity index (χ1n) is 10.9. The molecule has 0 aromatic carbocycles. The van der Waals surface area contributed by atoms with Gasteiger partial charge in [0.15, 0.2) is 0 Å². The fourth-order valence-electron chi connectivity index (χ4n) is 3.07. The van der Waals surface area contributed by atoms with Crippen LogP contribution in [0.1, 0.15) is 48.6 Å². The summed E-state index contributed by atoms with van der Waals surface area (Å²) in [6, 6.07) is 0.295. The maximum Gasteiger partial charge on any atom is 0.330 e. The third-order valence-electron chi connectivity index (χ3n) is 4.29. The molecule has 2 N–H and O–H groups in total. The van der Waals surface area contributed by atoms with Crippen LogP contribution in [0.3, 0.4) is 0 Å². The zero-order valence-corrected chi connectivity index (χ0v) is 20.9. The quantitative estimate of drug-likeness (QED) is 0.289. The molecule has 0 saturated carbocycles. The minimum atomic E-state index is -1.49. The van der Waals surface area contributed by atoms with Gasteiger partial charge in [-0.25, -0.2) is 16.0 Å². The van der Waals surface area contributed by atoms with E-state index in [1.54, 1.807) is 0 Å². The zero-order chi connectivity index (χ0) is 25.1. The Morgan fingerprint density at radius 1 is 1.55 bits per heavy atom. The number of aromatic amines is 1. The van der Waals surface area contributed by atoms with E-state index in [2.05, 4.69) is 35.5 Å². The van der Waals surface area contributed by atoms with E-state index in [1.165, 1.54) is 17.9 Å². The largest absolute Gasteiger partial charge is 0.400 e. The third-order valence-corrected chi connectivity index (χ3v) is 7.01. The van der Waals surface area contributed by atoms with Gasteiger partial charge in [-0.2, -0.15) is 0 Å². The van der Waals surface area contributed by atoms with Crippen LogP contribution in [0.5, 0.6) is 0 Å². The van der Waals surface area contributed by atoms with Crippen LogP contribution in [-0.2, 0) is 13.8 Å². The van der Waals surface area contributed by atoms with Crippen molar-refractivity contribution in [2.45, 2.75) is 71.5 Å². The van der Waals surface area contributed by atoms with Crippen molar-refractivity contribution in [1.82, 2.24) is 14.2 Å². The Balaban J connectivity index is 0.00000172. The van der Waals surface area contributed by atoms with Crippen LogP contribution in [-0.4, -0.2) is 65.3 Å². The molecule has 1 aromatic rings. The number of hydrogen-bond acceptors (Lipinski definition) is 7. The minimum absolute atomic E-state index is 0.0466. The van der Waals surface area contributed by atoms with Crippen molar-refractivity contribution in [3.63, 3.8) is 0 Å². The summed E-state index contributed by atoms with van der Waals surface area (Å²) in [5.41, 5.74) is -1.10. The average molecular weight is 526 g/mol. The van der Waals surface area contributed by atoms with Crippen LogP contribution in [0.2, 0.25) is 0 Å². The Morgan fingerprint density at radius 2 is 2.19 bits per heavy atom. The van der Waals surface area contributed by atoms with Crippen molar-refractivity contribution in [3.8, 4) is 0 Å². The van der Waals surface area contributed by atoms with E-state index >= 15 is 0 Å². The molecule has 0 aliphatic carbocycles. The molecule has 176 valence electrons. The smallest absolute Gasteiger partial charge is 0.330 e. The van der Waals surface area contributed by atoms with Crippen LogP contribution in [0.4, 0.5) is 0 Å². The first kappa shape index (κ1) is 24.5.